The van der Waals surface area contributed by atoms with Crippen LogP contribution in [0.2, 0.25) is 0 Å². The standard InChI is InChI=1S/C26H37NO3/c28-27(17-19-7-3-1-4-8-19)24(23-18-29-26(30-23)9-5-2-6-10-26)25-14-20-11-21(15-25)13-22(12-20)16-25/h1,3-4,7-8,20-24,28H,2,5-6,9-18H2/t20?,21?,22?,23-,24-,25?/m1/s1. The van der Waals surface area contributed by atoms with Gasteiger partial charge in [0, 0.05) is 19.4 Å². The molecule has 6 aliphatic rings. The van der Waals surface area contributed by atoms with Crippen LogP contribution in [0.5, 0.6) is 0 Å². The molecule has 5 saturated carbocycles. The lowest BCUT2D eigenvalue weighted by Crippen LogP contribution is -2.60. The van der Waals surface area contributed by atoms with Crippen molar-refractivity contribution < 1.29 is 14.7 Å². The smallest absolute Gasteiger partial charge is 0.168 e. The Morgan fingerprint density at radius 3 is 2.20 bits per heavy atom. The summed E-state index contributed by atoms with van der Waals surface area (Å²) in [5, 5.41) is 13.2. The molecule has 0 aromatic heterocycles. The molecule has 5 aliphatic carbocycles. The highest BCUT2D eigenvalue weighted by molar-refractivity contribution is 5.15. The zero-order valence-corrected chi connectivity index (χ0v) is 18.2. The fraction of sp³-hybridized carbons (Fsp3) is 0.769. The zero-order valence-electron chi connectivity index (χ0n) is 18.2. The van der Waals surface area contributed by atoms with Crippen LogP contribution in [-0.4, -0.2) is 34.8 Å². The lowest BCUT2D eigenvalue weighted by Gasteiger charge is -2.61. The van der Waals surface area contributed by atoms with Crippen LogP contribution in [0, 0.1) is 23.2 Å². The average molecular weight is 412 g/mol. The van der Waals surface area contributed by atoms with Gasteiger partial charge in [-0.15, -0.1) is 0 Å². The van der Waals surface area contributed by atoms with Gasteiger partial charge in [-0.25, -0.2) is 0 Å². The number of benzene rings is 1. The second kappa shape index (κ2) is 7.58. The number of ether oxygens (including phenoxy) is 2. The number of hydroxylamine groups is 2. The third-order valence-electron chi connectivity index (χ3n) is 9.07. The Morgan fingerprint density at radius 1 is 0.933 bits per heavy atom. The predicted octanol–water partition coefficient (Wildman–Crippen LogP) is 5.54. The minimum Gasteiger partial charge on any atom is -0.347 e. The molecule has 164 valence electrons. The van der Waals surface area contributed by atoms with E-state index in [0.717, 1.165) is 30.6 Å². The fourth-order valence-corrected chi connectivity index (χ4v) is 8.40. The molecule has 4 heteroatoms. The SMILES string of the molecule is ON(Cc1ccccc1)[C@H]([C@H]1COC2(CCCCC2)O1)C12CC3CC(CC(C3)C1)C2. The molecule has 7 rings (SSSR count). The Hall–Kier alpha value is -0.940. The van der Waals surface area contributed by atoms with Crippen LogP contribution < -0.4 is 0 Å². The van der Waals surface area contributed by atoms with Crippen molar-refractivity contribution in [2.45, 2.75) is 95.1 Å². The summed E-state index contributed by atoms with van der Waals surface area (Å²) in [6, 6.07) is 10.4. The van der Waals surface area contributed by atoms with Gasteiger partial charge in [-0.1, -0.05) is 36.8 Å². The molecule has 4 nitrogen and oxygen atoms in total. The van der Waals surface area contributed by atoms with E-state index in [9.17, 15) is 5.21 Å². The Kier molecular flexibility index (Phi) is 4.98. The normalized spacial score (nSPS) is 40.3. The van der Waals surface area contributed by atoms with Gasteiger partial charge in [-0.05, 0) is 80.1 Å². The molecule has 1 aliphatic heterocycles. The summed E-state index contributed by atoms with van der Waals surface area (Å²) in [6.07, 6.45) is 13.7. The van der Waals surface area contributed by atoms with Crippen LogP contribution in [0.15, 0.2) is 30.3 Å². The molecule has 1 aromatic rings. The van der Waals surface area contributed by atoms with Crippen LogP contribution in [0.25, 0.3) is 0 Å². The predicted molar refractivity (Wildman–Crippen MR) is 115 cm³/mol. The van der Waals surface area contributed by atoms with E-state index in [2.05, 4.69) is 24.3 Å². The van der Waals surface area contributed by atoms with Gasteiger partial charge in [-0.2, -0.15) is 5.06 Å². The van der Waals surface area contributed by atoms with Crippen molar-refractivity contribution in [2.24, 2.45) is 23.2 Å². The Balaban J connectivity index is 1.30. The largest absolute Gasteiger partial charge is 0.347 e. The molecule has 1 N–H and O–H groups in total. The Labute approximate surface area is 180 Å². The van der Waals surface area contributed by atoms with Crippen molar-refractivity contribution in [3.8, 4) is 0 Å². The van der Waals surface area contributed by atoms with Gasteiger partial charge in [0.1, 0.15) is 6.10 Å². The highest BCUT2D eigenvalue weighted by Gasteiger charge is 2.59. The first-order valence-corrected chi connectivity index (χ1v) is 12.4. The highest BCUT2D eigenvalue weighted by Crippen LogP contribution is 2.63. The molecule has 30 heavy (non-hydrogen) atoms. The minimum atomic E-state index is -0.378. The van der Waals surface area contributed by atoms with Crippen LogP contribution >= 0.6 is 0 Å². The van der Waals surface area contributed by atoms with E-state index in [4.69, 9.17) is 9.47 Å². The van der Waals surface area contributed by atoms with Crippen LogP contribution in [0.1, 0.15) is 76.2 Å². The van der Waals surface area contributed by atoms with Gasteiger partial charge in [0.2, 0.25) is 0 Å². The summed E-state index contributed by atoms with van der Waals surface area (Å²) in [5.41, 5.74) is 1.35. The quantitative estimate of drug-likeness (QED) is 0.646. The molecule has 1 aromatic carbocycles. The molecule has 0 unspecified atom stereocenters. The van der Waals surface area contributed by atoms with Crippen LogP contribution in [-0.2, 0) is 16.0 Å². The lowest BCUT2D eigenvalue weighted by atomic mass is 9.47. The topological polar surface area (TPSA) is 41.9 Å². The maximum Gasteiger partial charge on any atom is 0.168 e. The van der Waals surface area contributed by atoms with Crippen molar-refractivity contribution in [2.75, 3.05) is 6.61 Å². The highest BCUT2D eigenvalue weighted by atomic mass is 16.7. The number of hydrogen-bond donors (Lipinski definition) is 1. The van der Waals surface area contributed by atoms with E-state index < -0.39 is 0 Å². The van der Waals surface area contributed by atoms with E-state index >= 15 is 0 Å². The van der Waals surface area contributed by atoms with Gasteiger partial charge in [0.15, 0.2) is 5.79 Å². The minimum absolute atomic E-state index is 0.0203. The second-order valence-electron chi connectivity index (χ2n) is 11.2. The summed E-state index contributed by atoms with van der Waals surface area (Å²) in [5.74, 6) is 2.19. The monoisotopic (exact) mass is 411 g/mol. The zero-order chi connectivity index (χ0) is 20.2. The van der Waals surface area contributed by atoms with Gasteiger partial charge >= 0.3 is 0 Å². The summed E-state index contributed by atoms with van der Waals surface area (Å²) in [4.78, 5) is 0. The molecule has 6 fully saturated rings. The molecule has 0 radical (unpaired) electrons. The first-order chi connectivity index (χ1) is 14.6. The summed E-state index contributed by atoms with van der Waals surface area (Å²) >= 11 is 0. The third kappa shape index (κ3) is 3.44. The summed E-state index contributed by atoms with van der Waals surface area (Å²) in [7, 11) is 0. The third-order valence-corrected chi connectivity index (χ3v) is 9.07. The fourth-order valence-electron chi connectivity index (χ4n) is 8.40. The number of nitrogens with zero attached hydrogens (tertiary/aromatic N) is 1. The molecule has 4 bridgehead atoms. The lowest BCUT2D eigenvalue weighted by molar-refractivity contribution is -0.249. The summed E-state index contributed by atoms with van der Waals surface area (Å²) < 4.78 is 13.2. The number of hydrogen-bond acceptors (Lipinski definition) is 4. The van der Waals surface area contributed by atoms with Gasteiger partial charge in [-0.3, -0.25) is 0 Å². The molecule has 1 spiro atoms. The van der Waals surface area contributed by atoms with E-state index in [1.165, 1.54) is 63.4 Å². The van der Waals surface area contributed by atoms with Crippen molar-refractivity contribution in [1.82, 2.24) is 5.06 Å². The Bertz CT molecular complexity index is 709. The molecule has 2 atom stereocenters. The van der Waals surface area contributed by atoms with Gasteiger partial charge < -0.3 is 14.7 Å². The van der Waals surface area contributed by atoms with E-state index in [-0.39, 0.29) is 23.3 Å². The average Bonchev–Trinajstić information content (AvgIpc) is 3.10. The molecular weight excluding hydrogens is 374 g/mol. The van der Waals surface area contributed by atoms with Crippen molar-refractivity contribution in [3.05, 3.63) is 35.9 Å². The first-order valence-electron chi connectivity index (χ1n) is 12.4. The Morgan fingerprint density at radius 2 is 1.57 bits per heavy atom. The van der Waals surface area contributed by atoms with Gasteiger partial charge in [0.25, 0.3) is 0 Å². The molecular formula is C26H37NO3. The number of rotatable bonds is 5. The van der Waals surface area contributed by atoms with Crippen LogP contribution in [0.3, 0.4) is 0 Å². The van der Waals surface area contributed by atoms with E-state index in [1.807, 2.05) is 6.07 Å². The molecule has 1 saturated heterocycles. The van der Waals surface area contributed by atoms with Crippen molar-refractivity contribution >= 4 is 0 Å². The maximum absolute atomic E-state index is 11.6. The van der Waals surface area contributed by atoms with Crippen molar-refractivity contribution in [3.63, 3.8) is 0 Å². The van der Waals surface area contributed by atoms with E-state index in [1.54, 1.807) is 5.06 Å². The van der Waals surface area contributed by atoms with E-state index in [0.29, 0.717) is 13.2 Å². The second-order valence-corrected chi connectivity index (χ2v) is 11.2. The maximum atomic E-state index is 11.6. The summed E-state index contributed by atoms with van der Waals surface area (Å²) in [6.45, 7) is 1.21. The molecule has 0 amide bonds. The van der Waals surface area contributed by atoms with Crippen LogP contribution in [0.4, 0.5) is 0 Å². The molecule has 1 heterocycles. The first kappa shape index (κ1) is 19.7. The van der Waals surface area contributed by atoms with Gasteiger partial charge in [0.05, 0.1) is 12.6 Å². The van der Waals surface area contributed by atoms with Crippen molar-refractivity contribution in [1.29, 1.82) is 0 Å².